The van der Waals surface area contributed by atoms with Crippen LogP contribution in [0.3, 0.4) is 0 Å². The molecule has 3 unspecified atom stereocenters. The first-order valence-electron chi connectivity index (χ1n) is 8.40. The van der Waals surface area contributed by atoms with Crippen LogP contribution >= 0.6 is 0 Å². The van der Waals surface area contributed by atoms with Crippen molar-refractivity contribution >= 4 is 11.8 Å². The summed E-state index contributed by atoms with van der Waals surface area (Å²) in [5, 5.41) is 15.3. The first-order chi connectivity index (χ1) is 11.4. The molecule has 1 aliphatic rings. The summed E-state index contributed by atoms with van der Waals surface area (Å²) in [6.45, 7) is 4.11. The largest absolute Gasteiger partial charge is 0.393 e. The molecule has 5 nitrogen and oxygen atoms in total. The number of amides is 2. The fraction of sp³-hybridized carbons (Fsp3) is 0.556. The van der Waals surface area contributed by atoms with E-state index in [-0.39, 0.29) is 23.8 Å². The number of carbonyl (C=O) groups excluding carboxylic acids is 2. The van der Waals surface area contributed by atoms with Gasteiger partial charge in [0.1, 0.15) is 11.9 Å². The molecule has 0 radical (unpaired) electrons. The number of nitrogens with one attached hydrogen (secondary N) is 2. The topological polar surface area (TPSA) is 78.4 Å². The molecule has 1 aliphatic carbocycles. The van der Waals surface area contributed by atoms with Gasteiger partial charge in [0.15, 0.2) is 0 Å². The van der Waals surface area contributed by atoms with E-state index < -0.39 is 17.8 Å². The average molecular weight is 336 g/mol. The number of halogens is 1. The summed E-state index contributed by atoms with van der Waals surface area (Å²) in [6.07, 6.45) is 2.28. The molecule has 2 rings (SSSR count). The van der Waals surface area contributed by atoms with Gasteiger partial charge in [-0.2, -0.15) is 0 Å². The zero-order chi connectivity index (χ0) is 17.7. The molecule has 1 aromatic carbocycles. The predicted octanol–water partition coefficient (Wildman–Crippen LogP) is 1.86. The number of hydrogen-bond acceptors (Lipinski definition) is 3. The van der Waals surface area contributed by atoms with E-state index in [0.717, 1.165) is 19.3 Å². The highest BCUT2D eigenvalue weighted by molar-refractivity contribution is 5.97. The van der Waals surface area contributed by atoms with Crippen LogP contribution in [0.5, 0.6) is 0 Å². The maximum absolute atomic E-state index is 12.9. The molecular formula is C18H25FN2O3. The number of rotatable bonds is 6. The number of benzene rings is 1. The number of aliphatic hydroxyl groups excluding tert-OH is 1. The minimum absolute atomic E-state index is 0.0783. The van der Waals surface area contributed by atoms with Gasteiger partial charge in [-0.15, -0.1) is 0 Å². The normalized spacial score (nSPS) is 21.5. The second-order valence-corrected chi connectivity index (χ2v) is 6.71. The van der Waals surface area contributed by atoms with Crippen LogP contribution in [-0.4, -0.2) is 35.6 Å². The molecule has 0 bridgehead atoms. The molecule has 132 valence electrons. The van der Waals surface area contributed by atoms with Crippen LogP contribution in [0.2, 0.25) is 0 Å². The van der Waals surface area contributed by atoms with E-state index in [9.17, 15) is 19.1 Å². The summed E-state index contributed by atoms with van der Waals surface area (Å²) < 4.78 is 12.9. The number of aliphatic hydroxyl groups is 1. The molecule has 6 heteroatoms. The van der Waals surface area contributed by atoms with Crippen LogP contribution in [-0.2, 0) is 4.79 Å². The Bertz CT molecular complexity index is 574. The lowest BCUT2D eigenvalue weighted by Crippen LogP contribution is -2.50. The third-order valence-corrected chi connectivity index (χ3v) is 4.50. The molecule has 24 heavy (non-hydrogen) atoms. The summed E-state index contributed by atoms with van der Waals surface area (Å²) >= 11 is 0. The first kappa shape index (κ1) is 18.4. The highest BCUT2D eigenvalue weighted by Gasteiger charge is 2.28. The van der Waals surface area contributed by atoms with E-state index in [1.807, 2.05) is 13.8 Å². The van der Waals surface area contributed by atoms with Crippen LogP contribution < -0.4 is 10.6 Å². The maximum atomic E-state index is 12.9. The van der Waals surface area contributed by atoms with Crippen molar-refractivity contribution in [1.82, 2.24) is 10.6 Å². The van der Waals surface area contributed by atoms with Crippen LogP contribution in [0, 0.1) is 17.7 Å². The van der Waals surface area contributed by atoms with Crippen LogP contribution in [0.4, 0.5) is 4.39 Å². The quantitative estimate of drug-likeness (QED) is 0.742. The summed E-state index contributed by atoms with van der Waals surface area (Å²) in [5.41, 5.74) is 0.307. The SMILES string of the molecule is CC(C)C(NC(=O)c1ccc(F)cc1)C(=O)NCC1CCCC1O. The highest BCUT2D eigenvalue weighted by Crippen LogP contribution is 2.24. The first-order valence-corrected chi connectivity index (χ1v) is 8.40. The van der Waals surface area contributed by atoms with Gasteiger partial charge in [0, 0.05) is 18.0 Å². The van der Waals surface area contributed by atoms with Gasteiger partial charge in [-0.25, -0.2) is 4.39 Å². The lowest BCUT2D eigenvalue weighted by Gasteiger charge is -2.23. The third kappa shape index (κ3) is 4.77. The Balaban J connectivity index is 1.93. The Morgan fingerprint density at radius 1 is 1.25 bits per heavy atom. The van der Waals surface area contributed by atoms with Crippen molar-refractivity contribution in [3.63, 3.8) is 0 Å². The predicted molar refractivity (Wildman–Crippen MR) is 88.8 cm³/mol. The molecule has 3 atom stereocenters. The lowest BCUT2D eigenvalue weighted by molar-refractivity contribution is -0.124. The molecule has 0 aliphatic heterocycles. The Labute approximate surface area is 141 Å². The number of hydrogen-bond donors (Lipinski definition) is 3. The molecule has 2 amide bonds. The zero-order valence-corrected chi connectivity index (χ0v) is 14.1. The Hall–Kier alpha value is -1.95. The van der Waals surface area contributed by atoms with Crippen molar-refractivity contribution in [3.05, 3.63) is 35.6 Å². The van der Waals surface area contributed by atoms with Gasteiger partial charge >= 0.3 is 0 Å². The van der Waals surface area contributed by atoms with Crippen LogP contribution in [0.25, 0.3) is 0 Å². The summed E-state index contributed by atoms with van der Waals surface area (Å²) in [6, 6.07) is 4.51. The van der Waals surface area contributed by atoms with Crippen molar-refractivity contribution in [2.45, 2.75) is 45.3 Å². The smallest absolute Gasteiger partial charge is 0.251 e. The standard InChI is InChI=1S/C18H25FN2O3/c1-11(2)16(18(24)20-10-13-4-3-5-15(13)22)21-17(23)12-6-8-14(19)9-7-12/h6-9,11,13,15-16,22H,3-5,10H2,1-2H3,(H,20,24)(H,21,23). The van der Waals surface area contributed by atoms with Gasteiger partial charge < -0.3 is 15.7 Å². The molecular weight excluding hydrogens is 311 g/mol. The summed E-state index contributed by atoms with van der Waals surface area (Å²) in [5.74, 6) is -1.11. The van der Waals surface area contributed by atoms with Crippen molar-refractivity contribution < 1.29 is 19.1 Å². The Kier molecular flexibility index (Phi) is 6.31. The summed E-state index contributed by atoms with van der Waals surface area (Å²) in [4.78, 5) is 24.6. The van der Waals surface area contributed by atoms with Gasteiger partial charge in [0.2, 0.25) is 5.91 Å². The molecule has 1 fully saturated rings. The van der Waals surface area contributed by atoms with Crippen LogP contribution in [0.1, 0.15) is 43.5 Å². The van der Waals surface area contributed by atoms with Crippen molar-refractivity contribution in [2.24, 2.45) is 11.8 Å². The molecule has 0 spiro atoms. The average Bonchev–Trinajstić information content (AvgIpc) is 2.95. The van der Waals surface area contributed by atoms with Gasteiger partial charge in [-0.1, -0.05) is 20.3 Å². The van der Waals surface area contributed by atoms with Gasteiger partial charge in [-0.05, 0) is 43.0 Å². The van der Waals surface area contributed by atoms with Gasteiger partial charge in [-0.3, -0.25) is 9.59 Å². The van der Waals surface area contributed by atoms with E-state index in [1.165, 1.54) is 24.3 Å². The van der Waals surface area contributed by atoms with E-state index in [2.05, 4.69) is 10.6 Å². The third-order valence-electron chi connectivity index (χ3n) is 4.50. The van der Waals surface area contributed by atoms with E-state index in [4.69, 9.17) is 0 Å². The number of carbonyl (C=O) groups is 2. The molecule has 0 saturated heterocycles. The monoisotopic (exact) mass is 336 g/mol. The molecule has 3 N–H and O–H groups in total. The highest BCUT2D eigenvalue weighted by atomic mass is 19.1. The van der Waals surface area contributed by atoms with E-state index >= 15 is 0 Å². The van der Waals surface area contributed by atoms with Gasteiger partial charge in [0.05, 0.1) is 6.10 Å². The second-order valence-electron chi connectivity index (χ2n) is 6.71. The van der Waals surface area contributed by atoms with Crippen LogP contribution in [0.15, 0.2) is 24.3 Å². The lowest BCUT2D eigenvalue weighted by atomic mass is 10.0. The van der Waals surface area contributed by atoms with Crippen molar-refractivity contribution in [2.75, 3.05) is 6.54 Å². The van der Waals surface area contributed by atoms with Crippen molar-refractivity contribution in [1.29, 1.82) is 0 Å². The fourth-order valence-electron chi connectivity index (χ4n) is 2.96. The van der Waals surface area contributed by atoms with E-state index in [1.54, 1.807) is 0 Å². The minimum atomic E-state index is -0.680. The van der Waals surface area contributed by atoms with Gasteiger partial charge in [0.25, 0.3) is 5.91 Å². The fourth-order valence-corrected chi connectivity index (χ4v) is 2.96. The maximum Gasteiger partial charge on any atom is 0.251 e. The van der Waals surface area contributed by atoms with Crippen molar-refractivity contribution in [3.8, 4) is 0 Å². The zero-order valence-electron chi connectivity index (χ0n) is 14.1. The Morgan fingerprint density at radius 3 is 2.46 bits per heavy atom. The molecule has 0 heterocycles. The molecule has 0 aromatic heterocycles. The minimum Gasteiger partial charge on any atom is -0.393 e. The second kappa shape index (κ2) is 8.24. The summed E-state index contributed by atoms with van der Waals surface area (Å²) in [7, 11) is 0. The Morgan fingerprint density at radius 2 is 1.92 bits per heavy atom. The van der Waals surface area contributed by atoms with E-state index in [0.29, 0.717) is 12.1 Å². The molecule has 1 aromatic rings. The molecule has 1 saturated carbocycles.